The molecule has 0 saturated carbocycles. The van der Waals surface area contributed by atoms with Crippen LogP contribution in [-0.4, -0.2) is 14.9 Å². The second kappa shape index (κ2) is 15.9. The van der Waals surface area contributed by atoms with E-state index < -0.39 is 8.32 Å². The van der Waals surface area contributed by atoms with Crippen molar-refractivity contribution in [3.63, 3.8) is 0 Å². The Bertz CT molecular complexity index is 1650. The second-order valence-corrected chi connectivity index (χ2v) is 15.2. The molecule has 7 rings (SSSR count). The van der Waals surface area contributed by atoms with Crippen LogP contribution in [0.25, 0.3) is 6.08 Å². The molecule has 0 spiro atoms. The van der Waals surface area contributed by atoms with Crippen LogP contribution in [-0.2, 0) is 30.6 Å². The molecule has 3 aliphatic rings. The Balaban J connectivity index is 0.00000160. The van der Waals surface area contributed by atoms with E-state index in [0.717, 1.165) is 12.8 Å². The predicted octanol–water partition coefficient (Wildman–Crippen LogP) is 1.88. The molecule has 0 heterocycles. The Morgan fingerprint density at radius 3 is 1.80 bits per heavy atom. The average molecular weight is 737 g/mol. The Morgan fingerprint density at radius 2 is 1.22 bits per heavy atom. The number of hydrogen-bond acceptors (Lipinski definition) is 1. The molecule has 46 heavy (non-hydrogen) atoms. The first-order chi connectivity index (χ1) is 21.3. The predicted molar refractivity (Wildman–Crippen MR) is 183 cm³/mol. The molecule has 4 aromatic rings. The van der Waals surface area contributed by atoms with Gasteiger partial charge >= 0.3 is 26.2 Å². The second-order valence-electron chi connectivity index (χ2n) is 11.9. The fraction of sp³-hybridized carbons (Fsp3) is 0.171. The van der Waals surface area contributed by atoms with Gasteiger partial charge in [0.2, 0.25) is 0 Å². The van der Waals surface area contributed by atoms with Gasteiger partial charge in [-0.3, -0.25) is 0 Å². The first kappa shape index (κ1) is 36.1. The average Bonchev–Trinajstić information content (AvgIpc) is 3.72. The third-order valence-corrected chi connectivity index (χ3v) is 13.9. The summed E-state index contributed by atoms with van der Waals surface area (Å²) in [5.41, 5.74) is 5.62. The van der Waals surface area contributed by atoms with Gasteiger partial charge in [-0.1, -0.05) is 176 Å². The zero-order valence-electron chi connectivity index (χ0n) is 26.0. The molecular formula is C41H38Cl2OSiZr. The molecule has 0 saturated heterocycles. The monoisotopic (exact) mass is 734 g/mol. The molecule has 0 amide bonds. The van der Waals surface area contributed by atoms with E-state index in [9.17, 15) is 0 Å². The maximum atomic E-state index is 7.53. The zero-order chi connectivity index (χ0) is 29.1. The van der Waals surface area contributed by atoms with Crippen LogP contribution in [0.3, 0.4) is 0 Å². The third-order valence-electron chi connectivity index (χ3n) is 9.86. The Kier molecular flexibility index (Phi) is 12.4. The van der Waals surface area contributed by atoms with Gasteiger partial charge in [0.1, 0.15) is 0 Å². The quantitative estimate of drug-likeness (QED) is 0.179. The fourth-order valence-corrected chi connectivity index (χ4v) is 11.6. The topological polar surface area (TPSA) is 9.23 Å². The molecule has 5 heteroatoms. The minimum absolute atomic E-state index is 0. The van der Waals surface area contributed by atoms with E-state index in [1.807, 2.05) is 0 Å². The molecule has 0 N–H and O–H groups in total. The van der Waals surface area contributed by atoms with Crippen molar-refractivity contribution in [2.24, 2.45) is 11.3 Å². The van der Waals surface area contributed by atoms with Crippen molar-refractivity contribution >= 4 is 30.0 Å². The number of fused-ring (bicyclic) bond motifs is 2. The molecule has 3 unspecified atom stereocenters. The van der Waals surface area contributed by atoms with Gasteiger partial charge in [0.05, 0.1) is 0 Å². The molecule has 3 atom stereocenters. The standard InChI is InChI=1S/C41H38OSi.2ClH.Zr/c1-2-41(39-28-26-32-16-12-14-24-37(32)39,40-29-27-33-17-13-15-25-38(33)40)30-31-42-43(34-18-6-3-7-19-34,35-20-8-4-9-21-35)36-22-10-5-11-23-36;;;/h3-29,37,40H,2,30-31H2,1H3;2*1H;/q;;;+2/p-2. The van der Waals surface area contributed by atoms with Crippen molar-refractivity contribution in [1.29, 1.82) is 0 Å². The first-order valence-electron chi connectivity index (χ1n) is 15.6. The van der Waals surface area contributed by atoms with Crippen LogP contribution >= 0.6 is 0 Å². The minimum atomic E-state index is -2.80. The van der Waals surface area contributed by atoms with Crippen molar-refractivity contribution in [2.45, 2.75) is 25.7 Å². The summed E-state index contributed by atoms with van der Waals surface area (Å²) in [5, 5.41) is 3.85. The molecule has 0 bridgehead atoms. The van der Waals surface area contributed by atoms with Crippen molar-refractivity contribution in [3.05, 3.63) is 180 Å². The molecule has 3 aliphatic carbocycles. The number of benzene rings is 4. The third kappa shape index (κ3) is 6.38. The SMILES string of the molecule is CCC(CCO[Si](c1ccccc1)(c1ccccc1)c1ccccc1)(C1=CC=C2C=CC=CC21)C1C=Cc2ccccc21.[Cl-].[Cl-].[Zr+2]. The van der Waals surface area contributed by atoms with Gasteiger partial charge in [-0.15, -0.1) is 0 Å². The molecule has 0 radical (unpaired) electrons. The summed E-state index contributed by atoms with van der Waals surface area (Å²) in [5.74, 6) is 0.627. The minimum Gasteiger partial charge on any atom is -1.00 e. The van der Waals surface area contributed by atoms with E-state index in [4.69, 9.17) is 4.43 Å². The number of halogens is 2. The summed E-state index contributed by atoms with van der Waals surface area (Å²) in [4.78, 5) is 0. The normalized spacial score (nSPS) is 18.5. The Morgan fingerprint density at radius 1 is 0.652 bits per heavy atom. The van der Waals surface area contributed by atoms with Crippen LogP contribution in [0, 0.1) is 11.3 Å². The number of hydrogen-bond donors (Lipinski definition) is 0. The van der Waals surface area contributed by atoms with Gasteiger partial charge in [0.15, 0.2) is 0 Å². The van der Waals surface area contributed by atoms with E-state index in [1.54, 1.807) is 0 Å². The number of allylic oxidation sites excluding steroid dienone is 9. The molecule has 0 aliphatic heterocycles. The molecule has 1 nitrogen and oxygen atoms in total. The van der Waals surface area contributed by atoms with Gasteiger partial charge in [0, 0.05) is 23.9 Å². The van der Waals surface area contributed by atoms with Gasteiger partial charge in [0.25, 0.3) is 8.32 Å². The van der Waals surface area contributed by atoms with E-state index in [-0.39, 0.29) is 56.4 Å². The number of rotatable bonds is 10. The summed E-state index contributed by atoms with van der Waals surface area (Å²) in [6.07, 6.45) is 20.6. The molecule has 4 aromatic carbocycles. The van der Waals surface area contributed by atoms with Crippen molar-refractivity contribution in [1.82, 2.24) is 0 Å². The van der Waals surface area contributed by atoms with Crippen molar-refractivity contribution in [2.75, 3.05) is 6.61 Å². The van der Waals surface area contributed by atoms with Crippen LogP contribution in [0.2, 0.25) is 0 Å². The van der Waals surface area contributed by atoms with Crippen LogP contribution < -0.4 is 40.4 Å². The Labute approximate surface area is 307 Å². The zero-order valence-corrected chi connectivity index (χ0v) is 31.0. The largest absolute Gasteiger partial charge is 2.00 e. The van der Waals surface area contributed by atoms with Crippen LogP contribution in [0.5, 0.6) is 0 Å². The van der Waals surface area contributed by atoms with Crippen molar-refractivity contribution in [3.8, 4) is 0 Å². The van der Waals surface area contributed by atoms with Crippen LogP contribution in [0.15, 0.2) is 169 Å². The summed E-state index contributed by atoms with van der Waals surface area (Å²) in [6.45, 7) is 3.05. The van der Waals surface area contributed by atoms with Crippen LogP contribution in [0.1, 0.15) is 36.8 Å². The van der Waals surface area contributed by atoms with E-state index in [0.29, 0.717) is 18.4 Å². The van der Waals surface area contributed by atoms with Crippen LogP contribution in [0.4, 0.5) is 0 Å². The van der Waals surface area contributed by atoms with Crippen molar-refractivity contribution < 1.29 is 55.4 Å². The van der Waals surface area contributed by atoms with Gasteiger partial charge < -0.3 is 29.2 Å². The molecule has 0 aromatic heterocycles. The van der Waals surface area contributed by atoms with E-state index >= 15 is 0 Å². The molecule has 230 valence electrons. The smallest absolute Gasteiger partial charge is 1.00 e. The van der Waals surface area contributed by atoms with Gasteiger partial charge in [-0.05, 0) is 45.1 Å². The maximum absolute atomic E-state index is 7.53. The molecular weight excluding hydrogens is 699 g/mol. The van der Waals surface area contributed by atoms with Gasteiger partial charge in [-0.2, -0.15) is 0 Å². The Hall–Kier alpha value is -2.78. The summed E-state index contributed by atoms with van der Waals surface area (Å²) in [7, 11) is -2.80. The first-order valence-corrected chi connectivity index (χ1v) is 17.5. The maximum Gasteiger partial charge on any atom is 2.00 e. The van der Waals surface area contributed by atoms with E-state index in [1.165, 1.54) is 37.8 Å². The summed E-state index contributed by atoms with van der Waals surface area (Å²) >= 11 is 0. The van der Waals surface area contributed by atoms with Gasteiger partial charge in [-0.25, -0.2) is 0 Å². The summed E-state index contributed by atoms with van der Waals surface area (Å²) < 4.78 is 7.53. The van der Waals surface area contributed by atoms with E-state index in [2.05, 4.69) is 171 Å². The summed E-state index contributed by atoms with van der Waals surface area (Å²) in [6, 6.07) is 41.8. The fourth-order valence-electron chi connectivity index (χ4n) is 7.73. The molecule has 0 fully saturated rings.